The van der Waals surface area contributed by atoms with Crippen LogP contribution in [0.1, 0.15) is 16.7 Å². The van der Waals surface area contributed by atoms with Crippen LogP contribution in [0.25, 0.3) is 10.9 Å². The van der Waals surface area contributed by atoms with E-state index in [2.05, 4.69) is 16.4 Å². The van der Waals surface area contributed by atoms with Crippen LogP contribution in [0, 0.1) is 13.8 Å². The van der Waals surface area contributed by atoms with Gasteiger partial charge in [0.1, 0.15) is 12.7 Å². The van der Waals surface area contributed by atoms with Gasteiger partial charge in [0, 0.05) is 18.7 Å². The monoisotopic (exact) mass is 382 g/mol. The average molecular weight is 382 g/mol. The number of aryl methyl sites for hydroxylation is 2. The van der Waals surface area contributed by atoms with Crippen molar-refractivity contribution in [3.8, 4) is 11.5 Å². The van der Waals surface area contributed by atoms with E-state index in [4.69, 9.17) is 9.47 Å². The first-order chi connectivity index (χ1) is 13.5. The number of rotatable bonds is 8. The van der Waals surface area contributed by atoms with Gasteiger partial charge in [-0.05, 0) is 49.1 Å². The number of pyridine rings is 1. The van der Waals surface area contributed by atoms with Gasteiger partial charge in [-0.15, -0.1) is 0 Å². The van der Waals surface area contributed by atoms with Crippen molar-refractivity contribution in [2.75, 3.05) is 20.3 Å². The minimum Gasteiger partial charge on any atom is -0.493 e. The van der Waals surface area contributed by atoms with E-state index in [0.717, 1.165) is 22.0 Å². The summed E-state index contributed by atoms with van der Waals surface area (Å²) < 4.78 is 10.8. The van der Waals surface area contributed by atoms with Gasteiger partial charge in [-0.1, -0.05) is 23.8 Å². The Morgan fingerprint density at radius 1 is 1.14 bits per heavy atom. The molecular formula is C22H26N2O4. The minimum atomic E-state index is -0.714. The number of H-pyrrole nitrogens is 1. The lowest BCUT2D eigenvalue weighted by Crippen LogP contribution is -2.32. The van der Waals surface area contributed by atoms with Crippen LogP contribution in [0.5, 0.6) is 11.5 Å². The third kappa shape index (κ3) is 4.71. The summed E-state index contributed by atoms with van der Waals surface area (Å²) in [6, 6.07) is 13.3. The van der Waals surface area contributed by atoms with E-state index >= 15 is 0 Å². The third-order valence-corrected chi connectivity index (χ3v) is 4.57. The molecule has 1 atom stereocenters. The number of ether oxygens (including phenoxy) is 2. The second-order valence-electron chi connectivity index (χ2n) is 6.92. The largest absolute Gasteiger partial charge is 0.493 e. The molecule has 3 aromatic rings. The Balaban J connectivity index is 1.57. The number of hydrogen-bond acceptors (Lipinski definition) is 5. The molecule has 1 heterocycles. The fourth-order valence-corrected chi connectivity index (χ4v) is 3.22. The summed E-state index contributed by atoms with van der Waals surface area (Å²) in [4.78, 5) is 15.3. The van der Waals surface area contributed by atoms with Gasteiger partial charge in [0.15, 0.2) is 11.5 Å². The lowest BCUT2D eigenvalue weighted by molar-refractivity contribution is 0.104. The molecule has 1 aromatic heterocycles. The van der Waals surface area contributed by atoms with E-state index in [0.29, 0.717) is 30.2 Å². The third-order valence-electron chi connectivity index (χ3n) is 4.57. The number of aromatic nitrogens is 1. The molecule has 0 aliphatic rings. The van der Waals surface area contributed by atoms with Gasteiger partial charge in [0.25, 0.3) is 5.56 Å². The number of fused-ring (bicyclic) bond motifs is 1. The van der Waals surface area contributed by atoms with Gasteiger partial charge < -0.3 is 24.9 Å². The molecule has 0 saturated heterocycles. The van der Waals surface area contributed by atoms with Crippen molar-refractivity contribution in [3.05, 3.63) is 69.5 Å². The number of benzene rings is 2. The van der Waals surface area contributed by atoms with Crippen LogP contribution in [-0.2, 0) is 6.54 Å². The smallest absolute Gasteiger partial charge is 0.252 e. The fourth-order valence-electron chi connectivity index (χ4n) is 3.22. The summed E-state index contributed by atoms with van der Waals surface area (Å²) in [5.74, 6) is 1.21. The standard InChI is InChI=1S/C22H26N2O4/c1-14-8-15(2)21-16(9-14)10-17(22(26)24-21)11-23-12-18(25)13-28-20-7-5-4-6-19(20)27-3/h4-10,18,23,25H,11-13H2,1-3H3,(H,24,26)/t18-/m1/s1. The van der Waals surface area contributed by atoms with Gasteiger partial charge in [-0.2, -0.15) is 0 Å². The van der Waals surface area contributed by atoms with Crippen LogP contribution in [0.2, 0.25) is 0 Å². The normalized spacial score (nSPS) is 12.1. The van der Waals surface area contributed by atoms with Crippen LogP contribution in [0.15, 0.2) is 47.3 Å². The molecule has 0 fully saturated rings. The Bertz CT molecular complexity index is 1010. The first-order valence-corrected chi connectivity index (χ1v) is 9.25. The summed E-state index contributed by atoms with van der Waals surface area (Å²) in [6.45, 7) is 4.82. The lowest BCUT2D eigenvalue weighted by atomic mass is 10.1. The van der Waals surface area contributed by atoms with Crippen molar-refractivity contribution in [2.45, 2.75) is 26.5 Å². The van der Waals surface area contributed by atoms with E-state index in [9.17, 15) is 9.90 Å². The van der Waals surface area contributed by atoms with Crippen molar-refractivity contribution >= 4 is 10.9 Å². The maximum Gasteiger partial charge on any atom is 0.252 e. The quantitative estimate of drug-likeness (QED) is 0.558. The number of aliphatic hydroxyl groups excluding tert-OH is 1. The molecule has 3 rings (SSSR count). The number of hydrogen-bond donors (Lipinski definition) is 3. The van der Waals surface area contributed by atoms with Crippen LogP contribution < -0.4 is 20.3 Å². The predicted molar refractivity (Wildman–Crippen MR) is 110 cm³/mol. The highest BCUT2D eigenvalue weighted by molar-refractivity contribution is 5.82. The summed E-state index contributed by atoms with van der Waals surface area (Å²) >= 11 is 0. The number of methoxy groups -OCH3 is 1. The van der Waals surface area contributed by atoms with Crippen LogP contribution in [0.4, 0.5) is 0 Å². The highest BCUT2D eigenvalue weighted by Crippen LogP contribution is 2.25. The highest BCUT2D eigenvalue weighted by Gasteiger charge is 2.10. The molecule has 3 N–H and O–H groups in total. The zero-order valence-corrected chi connectivity index (χ0v) is 16.4. The van der Waals surface area contributed by atoms with Gasteiger partial charge in [0.05, 0.1) is 12.6 Å². The maximum absolute atomic E-state index is 12.3. The molecule has 6 heteroatoms. The van der Waals surface area contributed by atoms with Crippen LogP contribution >= 0.6 is 0 Å². The zero-order chi connectivity index (χ0) is 20.1. The summed E-state index contributed by atoms with van der Waals surface area (Å²) in [5, 5.41) is 14.3. The topological polar surface area (TPSA) is 83.6 Å². The number of nitrogens with one attached hydrogen (secondary N) is 2. The van der Waals surface area contributed by atoms with E-state index < -0.39 is 6.10 Å². The lowest BCUT2D eigenvalue weighted by Gasteiger charge is -2.15. The Morgan fingerprint density at radius 3 is 2.64 bits per heavy atom. The van der Waals surface area contributed by atoms with E-state index in [1.807, 2.05) is 38.1 Å². The van der Waals surface area contributed by atoms with Gasteiger partial charge >= 0.3 is 0 Å². The molecule has 0 aliphatic carbocycles. The number of aliphatic hydroxyl groups is 1. The van der Waals surface area contributed by atoms with Crippen molar-refractivity contribution in [2.24, 2.45) is 0 Å². The molecule has 0 aliphatic heterocycles. The van der Waals surface area contributed by atoms with Crippen molar-refractivity contribution in [1.82, 2.24) is 10.3 Å². The van der Waals surface area contributed by atoms with Crippen molar-refractivity contribution in [1.29, 1.82) is 0 Å². The molecule has 0 unspecified atom stereocenters. The molecule has 0 bridgehead atoms. The number of para-hydroxylation sites is 2. The second-order valence-corrected chi connectivity index (χ2v) is 6.92. The Labute approximate surface area is 164 Å². The summed E-state index contributed by atoms with van der Waals surface area (Å²) in [5.41, 5.74) is 3.59. The molecule has 28 heavy (non-hydrogen) atoms. The highest BCUT2D eigenvalue weighted by atomic mass is 16.5. The van der Waals surface area contributed by atoms with Crippen LogP contribution in [-0.4, -0.2) is 36.5 Å². The van der Waals surface area contributed by atoms with Gasteiger partial charge in [-0.3, -0.25) is 4.79 Å². The molecule has 2 aromatic carbocycles. The molecule has 148 valence electrons. The maximum atomic E-state index is 12.3. The molecule has 6 nitrogen and oxygen atoms in total. The van der Waals surface area contributed by atoms with E-state index in [1.165, 1.54) is 0 Å². The number of aromatic amines is 1. The fraction of sp³-hybridized carbons (Fsp3) is 0.318. The molecular weight excluding hydrogens is 356 g/mol. The first kappa shape index (κ1) is 19.9. The predicted octanol–water partition coefficient (Wildman–Crippen LogP) is 2.68. The molecule has 0 spiro atoms. The molecule has 0 amide bonds. The summed E-state index contributed by atoms with van der Waals surface area (Å²) in [7, 11) is 1.57. The van der Waals surface area contributed by atoms with Crippen molar-refractivity contribution in [3.63, 3.8) is 0 Å². The average Bonchev–Trinajstić information content (AvgIpc) is 2.67. The van der Waals surface area contributed by atoms with Gasteiger partial charge in [0.2, 0.25) is 0 Å². The molecule has 0 saturated carbocycles. The zero-order valence-electron chi connectivity index (χ0n) is 16.4. The SMILES string of the molecule is COc1ccccc1OC[C@H](O)CNCc1cc2cc(C)cc(C)c2[nH]c1=O. The van der Waals surface area contributed by atoms with E-state index in [1.54, 1.807) is 19.2 Å². The second kappa shape index (κ2) is 8.91. The molecule has 0 radical (unpaired) electrons. The van der Waals surface area contributed by atoms with Crippen molar-refractivity contribution < 1.29 is 14.6 Å². The summed E-state index contributed by atoms with van der Waals surface area (Å²) in [6.07, 6.45) is -0.714. The minimum absolute atomic E-state index is 0.119. The first-order valence-electron chi connectivity index (χ1n) is 9.25. The van der Waals surface area contributed by atoms with Gasteiger partial charge in [-0.25, -0.2) is 0 Å². The van der Waals surface area contributed by atoms with E-state index in [-0.39, 0.29) is 12.2 Å². The Kier molecular flexibility index (Phi) is 6.34. The van der Waals surface area contributed by atoms with Crippen LogP contribution in [0.3, 0.4) is 0 Å². The Hall–Kier alpha value is -2.83. The Morgan fingerprint density at radius 2 is 1.89 bits per heavy atom.